The van der Waals surface area contributed by atoms with Crippen molar-refractivity contribution in [2.24, 2.45) is 5.73 Å². The molecule has 18 heavy (non-hydrogen) atoms. The van der Waals surface area contributed by atoms with Gasteiger partial charge in [-0.05, 0) is 18.7 Å². The molecular weight excluding hydrogens is 232 g/mol. The van der Waals surface area contributed by atoms with Crippen LogP contribution in [0.1, 0.15) is 16.3 Å². The Morgan fingerprint density at radius 3 is 2.78 bits per heavy atom. The van der Waals surface area contributed by atoms with Gasteiger partial charge in [-0.25, -0.2) is 9.78 Å². The SMILES string of the molecule is CN(C)c1ccc2c(C(=O)O)nc(CCN)n2c1. The van der Waals surface area contributed by atoms with Crippen molar-refractivity contribution in [3.8, 4) is 0 Å². The zero-order chi connectivity index (χ0) is 13.3. The highest BCUT2D eigenvalue weighted by molar-refractivity contribution is 5.93. The first-order valence-corrected chi connectivity index (χ1v) is 5.66. The molecule has 0 aliphatic carbocycles. The molecule has 0 bridgehead atoms. The van der Waals surface area contributed by atoms with E-state index in [0.717, 1.165) is 5.69 Å². The molecule has 0 aliphatic heterocycles. The molecule has 0 atom stereocenters. The molecule has 3 N–H and O–H groups in total. The summed E-state index contributed by atoms with van der Waals surface area (Å²) in [6, 6.07) is 3.64. The number of hydrogen-bond acceptors (Lipinski definition) is 4. The zero-order valence-electron chi connectivity index (χ0n) is 10.4. The zero-order valence-corrected chi connectivity index (χ0v) is 10.4. The average molecular weight is 248 g/mol. The predicted octanol–water partition coefficient (Wildman–Crippen LogP) is 0.600. The number of anilines is 1. The van der Waals surface area contributed by atoms with Crippen molar-refractivity contribution in [2.45, 2.75) is 6.42 Å². The number of nitrogens with two attached hydrogens (primary N) is 1. The monoisotopic (exact) mass is 248 g/mol. The minimum absolute atomic E-state index is 0.0729. The van der Waals surface area contributed by atoms with Crippen molar-refractivity contribution in [3.63, 3.8) is 0 Å². The van der Waals surface area contributed by atoms with Crippen LogP contribution in [-0.2, 0) is 6.42 Å². The van der Waals surface area contributed by atoms with Crippen LogP contribution in [0, 0.1) is 0 Å². The fourth-order valence-corrected chi connectivity index (χ4v) is 1.86. The smallest absolute Gasteiger partial charge is 0.356 e. The van der Waals surface area contributed by atoms with Crippen LogP contribution in [0.2, 0.25) is 0 Å². The van der Waals surface area contributed by atoms with Gasteiger partial charge in [0.05, 0.1) is 11.2 Å². The molecule has 6 nitrogen and oxygen atoms in total. The lowest BCUT2D eigenvalue weighted by molar-refractivity contribution is 0.0693. The van der Waals surface area contributed by atoms with Crippen LogP contribution in [-0.4, -0.2) is 41.1 Å². The van der Waals surface area contributed by atoms with Gasteiger partial charge in [0.2, 0.25) is 0 Å². The molecule has 0 amide bonds. The van der Waals surface area contributed by atoms with Gasteiger partial charge in [-0.15, -0.1) is 0 Å². The van der Waals surface area contributed by atoms with E-state index in [-0.39, 0.29) is 5.69 Å². The lowest BCUT2D eigenvalue weighted by Gasteiger charge is -2.13. The number of imidazole rings is 1. The number of carbonyl (C=O) groups is 1. The van der Waals surface area contributed by atoms with E-state index in [1.54, 1.807) is 10.5 Å². The highest BCUT2D eigenvalue weighted by Gasteiger charge is 2.16. The van der Waals surface area contributed by atoms with Crippen molar-refractivity contribution in [2.75, 3.05) is 25.5 Å². The summed E-state index contributed by atoms with van der Waals surface area (Å²) in [5, 5.41) is 9.13. The van der Waals surface area contributed by atoms with E-state index in [9.17, 15) is 4.79 Å². The quantitative estimate of drug-likeness (QED) is 0.827. The molecular formula is C12H16N4O2. The van der Waals surface area contributed by atoms with E-state index in [2.05, 4.69) is 4.98 Å². The molecule has 2 aromatic heterocycles. The van der Waals surface area contributed by atoms with Gasteiger partial charge in [0, 0.05) is 26.7 Å². The first-order valence-electron chi connectivity index (χ1n) is 5.66. The van der Waals surface area contributed by atoms with Crippen LogP contribution in [0.3, 0.4) is 0 Å². The standard InChI is InChI=1S/C12H16N4O2/c1-15(2)8-3-4-9-11(12(17)18)14-10(5-6-13)16(9)7-8/h3-4,7H,5-6,13H2,1-2H3,(H,17,18). The number of aromatic nitrogens is 2. The fraction of sp³-hybridized carbons (Fsp3) is 0.333. The Bertz CT molecular complexity index is 589. The van der Waals surface area contributed by atoms with Crippen LogP contribution in [0.15, 0.2) is 18.3 Å². The highest BCUT2D eigenvalue weighted by Crippen LogP contribution is 2.19. The fourth-order valence-electron chi connectivity index (χ4n) is 1.86. The molecule has 96 valence electrons. The summed E-state index contributed by atoms with van der Waals surface area (Å²) in [6.07, 6.45) is 2.42. The Balaban J connectivity index is 2.67. The van der Waals surface area contributed by atoms with Crippen molar-refractivity contribution < 1.29 is 9.90 Å². The molecule has 0 fully saturated rings. The third-order valence-electron chi connectivity index (χ3n) is 2.78. The molecule has 0 spiro atoms. The van der Waals surface area contributed by atoms with Crippen molar-refractivity contribution >= 4 is 17.2 Å². The van der Waals surface area contributed by atoms with Gasteiger partial charge in [-0.1, -0.05) is 0 Å². The third-order valence-corrected chi connectivity index (χ3v) is 2.78. The van der Waals surface area contributed by atoms with Crippen molar-refractivity contribution in [3.05, 3.63) is 29.8 Å². The van der Waals surface area contributed by atoms with Gasteiger partial charge in [-0.3, -0.25) is 0 Å². The third kappa shape index (κ3) is 2.02. The summed E-state index contributed by atoms with van der Waals surface area (Å²) < 4.78 is 1.80. The molecule has 0 unspecified atom stereocenters. The minimum Gasteiger partial charge on any atom is -0.476 e. The van der Waals surface area contributed by atoms with Gasteiger partial charge in [-0.2, -0.15) is 0 Å². The van der Waals surface area contributed by atoms with Crippen LogP contribution >= 0.6 is 0 Å². The number of carboxylic acids is 1. The van der Waals surface area contributed by atoms with Crippen LogP contribution in [0.5, 0.6) is 0 Å². The number of fused-ring (bicyclic) bond motifs is 1. The summed E-state index contributed by atoms with van der Waals surface area (Å²) in [6.45, 7) is 0.435. The number of pyridine rings is 1. The summed E-state index contributed by atoms with van der Waals surface area (Å²) in [5.41, 5.74) is 7.17. The largest absolute Gasteiger partial charge is 0.476 e. The average Bonchev–Trinajstić information content (AvgIpc) is 2.68. The van der Waals surface area contributed by atoms with Gasteiger partial charge < -0.3 is 20.1 Å². The van der Waals surface area contributed by atoms with Gasteiger partial charge in [0.1, 0.15) is 5.82 Å². The molecule has 2 rings (SSSR count). The van der Waals surface area contributed by atoms with E-state index >= 15 is 0 Å². The van der Waals surface area contributed by atoms with E-state index in [0.29, 0.717) is 24.3 Å². The summed E-state index contributed by atoms with van der Waals surface area (Å²) >= 11 is 0. The van der Waals surface area contributed by atoms with Gasteiger partial charge >= 0.3 is 5.97 Å². The van der Waals surface area contributed by atoms with Crippen molar-refractivity contribution in [1.29, 1.82) is 0 Å². The van der Waals surface area contributed by atoms with Crippen molar-refractivity contribution in [1.82, 2.24) is 9.38 Å². The van der Waals surface area contributed by atoms with E-state index in [1.165, 1.54) is 0 Å². The number of rotatable bonds is 4. The number of nitrogens with zero attached hydrogens (tertiary/aromatic N) is 3. The second kappa shape index (κ2) is 4.66. The van der Waals surface area contributed by atoms with Crippen LogP contribution in [0.25, 0.3) is 5.52 Å². The Morgan fingerprint density at radius 1 is 1.50 bits per heavy atom. The molecule has 0 saturated heterocycles. The molecule has 0 radical (unpaired) electrons. The first-order chi connectivity index (χ1) is 8.54. The summed E-state index contributed by atoms with van der Waals surface area (Å²) in [5.74, 6) is -0.345. The van der Waals surface area contributed by atoms with E-state index < -0.39 is 5.97 Å². The van der Waals surface area contributed by atoms with E-state index in [1.807, 2.05) is 31.3 Å². The molecule has 0 aromatic carbocycles. The molecule has 2 aromatic rings. The number of carboxylic acid groups (broad SMARTS) is 1. The molecule has 0 aliphatic rings. The lowest BCUT2D eigenvalue weighted by atomic mass is 10.3. The van der Waals surface area contributed by atoms with E-state index in [4.69, 9.17) is 10.8 Å². The maximum Gasteiger partial charge on any atom is 0.356 e. The second-order valence-electron chi connectivity index (χ2n) is 4.26. The Morgan fingerprint density at radius 2 is 2.22 bits per heavy atom. The highest BCUT2D eigenvalue weighted by atomic mass is 16.4. The lowest BCUT2D eigenvalue weighted by Crippen LogP contribution is -2.10. The Kier molecular flexibility index (Phi) is 3.20. The second-order valence-corrected chi connectivity index (χ2v) is 4.26. The predicted molar refractivity (Wildman–Crippen MR) is 69.2 cm³/mol. The van der Waals surface area contributed by atoms with Gasteiger partial charge in [0.25, 0.3) is 0 Å². The Hall–Kier alpha value is -2.08. The molecule has 6 heteroatoms. The molecule has 0 saturated carbocycles. The Labute approximate surface area is 105 Å². The van der Waals surface area contributed by atoms with Gasteiger partial charge in [0.15, 0.2) is 5.69 Å². The topological polar surface area (TPSA) is 83.9 Å². The maximum atomic E-state index is 11.1. The normalized spacial score (nSPS) is 10.8. The minimum atomic E-state index is -1.02. The molecule has 2 heterocycles. The summed E-state index contributed by atoms with van der Waals surface area (Å²) in [7, 11) is 3.86. The summed E-state index contributed by atoms with van der Waals surface area (Å²) in [4.78, 5) is 17.2. The first kappa shape index (κ1) is 12.4. The van der Waals surface area contributed by atoms with Crippen LogP contribution in [0.4, 0.5) is 5.69 Å². The number of aromatic carboxylic acids is 1. The number of hydrogen-bond donors (Lipinski definition) is 2. The maximum absolute atomic E-state index is 11.1. The van der Waals surface area contributed by atoms with Crippen LogP contribution < -0.4 is 10.6 Å².